The number of nitrogens with zero attached hydrogens (tertiary/aromatic N) is 4. The zero-order valence-corrected chi connectivity index (χ0v) is 46.0. The van der Waals surface area contributed by atoms with Gasteiger partial charge in [0.05, 0.1) is 11.0 Å². The van der Waals surface area contributed by atoms with Crippen molar-refractivity contribution in [2.45, 2.75) is 120 Å². The van der Waals surface area contributed by atoms with Gasteiger partial charge in [0, 0.05) is 68.5 Å². The number of imidazole rings is 1. The Hall–Kier alpha value is -8.27. The van der Waals surface area contributed by atoms with Crippen LogP contribution in [0.2, 0.25) is 0 Å². The topological polar surface area (TPSA) is 335 Å². The van der Waals surface area contributed by atoms with Crippen molar-refractivity contribution < 1.29 is 57.5 Å². The van der Waals surface area contributed by atoms with Gasteiger partial charge >= 0.3 is 13.3 Å². The minimum atomic E-state index is -5.12. The first-order valence-corrected chi connectivity index (χ1v) is 29.3. The number of hydrogen-bond donors (Lipinski definition) is 8. The molecule has 5 atom stereocenters. The van der Waals surface area contributed by atoms with Crippen LogP contribution in [0.3, 0.4) is 0 Å². The molecule has 0 spiro atoms. The van der Waals surface area contributed by atoms with Gasteiger partial charge in [0.1, 0.15) is 29.9 Å². The number of carbonyl (C=O) groups is 9. The number of benzene rings is 4. The molecule has 24 heteroatoms. The molecule has 9 N–H and O–H groups in total. The van der Waals surface area contributed by atoms with Crippen molar-refractivity contribution in [1.29, 1.82) is 0 Å². The fraction of sp³-hybridized carbons (Fsp3) is 0.414. The molecule has 23 nitrogen and oxygen atoms in total. The number of aromatic amines is 1. The van der Waals surface area contributed by atoms with Crippen molar-refractivity contribution in [3.05, 3.63) is 118 Å². The molecule has 1 aliphatic carbocycles. The largest absolute Gasteiger partial charge is 0.396 e. The molecule has 1 saturated carbocycles. The van der Waals surface area contributed by atoms with Crippen molar-refractivity contribution in [2.75, 3.05) is 13.1 Å². The molecular weight excluding hydrogens is 1080 g/mol. The molecule has 6 aromatic rings. The second-order valence-corrected chi connectivity index (χ2v) is 23.7. The predicted octanol–water partition coefficient (Wildman–Crippen LogP) is 3.47. The molecule has 4 aliphatic rings. The molecule has 5 heterocycles. The Morgan fingerprint density at radius 1 is 0.817 bits per heavy atom. The van der Waals surface area contributed by atoms with Crippen LogP contribution >= 0.6 is 7.60 Å². The van der Waals surface area contributed by atoms with E-state index in [2.05, 4.69) is 26.3 Å². The highest BCUT2D eigenvalue weighted by Crippen LogP contribution is 2.40. The number of nitrogens with two attached hydrogens (primary N) is 1. The van der Waals surface area contributed by atoms with Crippen LogP contribution < -0.4 is 32.7 Å². The molecule has 0 bridgehead atoms. The number of rotatable bonds is 17. The van der Waals surface area contributed by atoms with Crippen molar-refractivity contribution in [3.8, 4) is 0 Å². The first-order valence-electron chi connectivity index (χ1n) is 27.7. The van der Waals surface area contributed by atoms with Gasteiger partial charge in [-0.25, -0.2) is 4.79 Å². The summed E-state index contributed by atoms with van der Waals surface area (Å²) in [6.45, 7) is 0.0712. The fourth-order valence-corrected chi connectivity index (χ4v) is 12.9. The van der Waals surface area contributed by atoms with E-state index in [0.717, 1.165) is 54.0 Å². The molecule has 82 heavy (non-hydrogen) atoms. The van der Waals surface area contributed by atoms with E-state index in [-0.39, 0.29) is 98.2 Å². The van der Waals surface area contributed by atoms with Crippen LogP contribution in [0.15, 0.2) is 89.7 Å². The number of carbonyl (C=O) groups excluding carboxylic acids is 9. The normalized spacial score (nSPS) is 21.8. The Bertz CT molecular complexity index is 3680. The first kappa shape index (κ1) is 57.0. The number of piperidine rings is 1. The monoisotopic (exact) mass is 1140 g/mol. The van der Waals surface area contributed by atoms with Crippen LogP contribution in [0.25, 0.3) is 32.7 Å². The molecule has 8 amide bonds. The van der Waals surface area contributed by atoms with Gasteiger partial charge in [0.25, 0.3) is 11.4 Å². The third kappa shape index (κ3) is 12.2. The molecule has 3 aliphatic heterocycles. The van der Waals surface area contributed by atoms with Crippen LogP contribution in [-0.2, 0) is 58.1 Å². The summed E-state index contributed by atoms with van der Waals surface area (Å²) in [5.74, 6) is -4.05. The Morgan fingerprint density at radius 3 is 2.33 bits per heavy atom. The van der Waals surface area contributed by atoms with Crippen LogP contribution in [0.4, 0.5) is 0 Å². The summed E-state index contributed by atoms with van der Waals surface area (Å²) in [4.78, 5) is 159. The quantitative estimate of drug-likeness (QED) is 0.0480. The number of primary amides is 1. The van der Waals surface area contributed by atoms with E-state index in [1.54, 1.807) is 11.9 Å². The van der Waals surface area contributed by atoms with E-state index in [1.165, 1.54) is 38.3 Å². The van der Waals surface area contributed by atoms with E-state index >= 15 is 4.79 Å². The summed E-state index contributed by atoms with van der Waals surface area (Å²) < 4.78 is 14.7. The van der Waals surface area contributed by atoms with E-state index in [4.69, 9.17) is 5.73 Å². The molecule has 4 aromatic carbocycles. The Labute approximate surface area is 469 Å². The number of nitrogens with one attached hydrogen (secondary N) is 5. The molecule has 10 rings (SSSR count). The second kappa shape index (κ2) is 23.7. The second-order valence-electron chi connectivity index (χ2n) is 22.2. The van der Waals surface area contributed by atoms with Gasteiger partial charge in [-0.1, -0.05) is 48.5 Å². The lowest BCUT2D eigenvalue weighted by Crippen LogP contribution is -2.62. The Morgan fingerprint density at radius 2 is 1.57 bits per heavy atom. The fourth-order valence-electron chi connectivity index (χ4n) is 12.4. The van der Waals surface area contributed by atoms with E-state index in [1.807, 2.05) is 60.7 Å². The van der Waals surface area contributed by atoms with Crippen molar-refractivity contribution >= 4 is 93.1 Å². The SMILES string of the molecule is Cn1c(=O)n(C2CCC(=O)NC2=O)c2ccc(C[C@H]3CC[C@@H](CC(=O)N4CC[C@H]5CC[C@@H](C(=O)N[C@@H](CCC(N)=O)C(=O)NCc6cccc7ccccc67)N5C(=O)[C@@H](NC(=O)c5cc6cc(C(=O)P(=O)(O)O)ccc6[nH]5)C4)CC3)cc21. The minimum Gasteiger partial charge on any atom is -0.370 e. The third-order valence-electron chi connectivity index (χ3n) is 16.8. The minimum absolute atomic E-state index is 0.0280. The van der Waals surface area contributed by atoms with Crippen molar-refractivity contribution in [1.82, 2.24) is 45.2 Å². The lowest BCUT2D eigenvalue weighted by Gasteiger charge is -2.39. The van der Waals surface area contributed by atoms with Gasteiger partial charge in [-0.05, 0) is 134 Å². The maximum absolute atomic E-state index is 15.1. The van der Waals surface area contributed by atoms with Gasteiger partial charge in [0.15, 0.2) is 0 Å². The van der Waals surface area contributed by atoms with E-state index in [0.29, 0.717) is 35.3 Å². The summed E-state index contributed by atoms with van der Waals surface area (Å²) in [5, 5.41) is 13.0. The summed E-state index contributed by atoms with van der Waals surface area (Å²) in [7, 11) is -3.46. The van der Waals surface area contributed by atoms with Crippen LogP contribution in [0.1, 0.15) is 115 Å². The number of fused-ring (bicyclic) bond motifs is 4. The maximum Gasteiger partial charge on any atom is 0.396 e. The van der Waals surface area contributed by atoms with E-state index in [9.17, 15) is 57.5 Å². The lowest BCUT2D eigenvalue weighted by atomic mass is 9.78. The van der Waals surface area contributed by atoms with Gasteiger partial charge in [0.2, 0.25) is 41.4 Å². The number of H-pyrrole nitrogens is 1. The average molecular weight is 1140 g/mol. The lowest BCUT2D eigenvalue weighted by molar-refractivity contribution is -0.146. The van der Waals surface area contributed by atoms with Gasteiger partial charge in [-0.3, -0.25) is 62.2 Å². The molecule has 430 valence electrons. The average Bonchev–Trinajstić information content (AvgIpc) is 4.12. The zero-order chi connectivity index (χ0) is 58.1. The van der Waals surface area contributed by atoms with Crippen molar-refractivity contribution in [3.63, 3.8) is 0 Å². The molecule has 4 fully saturated rings. The Kier molecular flexibility index (Phi) is 16.5. The molecule has 3 saturated heterocycles. The highest BCUT2D eigenvalue weighted by atomic mass is 31.2. The number of imide groups is 1. The predicted molar refractivity (Wildman–Crippen MR) is 299 cm³/mol. The zero-order valence-electron chi connectivity index (χ0n) is 45.1. The summed E-state index contributed by atoms with van der Waals surface area (Å²) in [5.41, 5.74) is 6.92. The van der Waals surface area contributed by atoms with Crippen LogP contribution in [-0.4, -0.2) is 124 Å². The highest BCUT2D eigenvalue weighted by molar-refractivity contribution is 7.70. The smallest absolute Gasteiger partial charge is 0.370 e. The molecule has 1 unspecified atom stereocenters. The van der Waals surface area contributed by atoms with Gasteiger partial charge in [-0.15, -0.1) is 0 Å². The number of aryl methyl sites for hydroxylation is 1. The first-order chi connectivity index (χ1) is 39.2. The molecule has 2 aromatic heterocycles. The van der Waals surface area contributed by atoms with Crippen molar-refractivity contribution in [2.24, 2.45) is 24.6 Å². The number of aromatic nitrogens is 3. The van der Waals surface area contributed by atoms with E-state index < -0.39 is 78.8 Å². The number of amides is 8. The molecule has 0 radical (unpaired) electrons. The highest BCUT2D eigenvalue weighted by Gasteiger charge is 2.46. The summed E-state index contributed by atoms with van der Waals surface area (Å²) in [6.07, 6.45) is 5.01. The van der Waals surface area contributed by atoms with Crippen LogP contribution in [0, 0.1) is 11.8 Å². The van der Waals surface area contributed by atoms with Crippen LogP contribution in [0.5, 0.6) is 0 Å². The maximum atomic E-state index is 15.1. The standard InChI is InChI=1S/C58H65N10O13P/c1-65-48-26-34(13-18-45(48)68(58(65)78)47-20-22-50(70)64-55(47)75)25-32-9-11-33(12-10-32)27-51(71)66-24-23-39-15-19-46(54(74)62-42(17-21-49(59)69)52(72)60-30-37-7-4-6-35-5-2-3-8-40(35)37)67(39)56(76)44(31-66)63-53(73)43-29-38-28-36(14-16-41(38)61-43)57(77)82(79,80)81/h2-8,13-14,16,18,26,28-29,32-33,39,42,44,46-47,61H,9-12,15,17,19-25,27,30-31H2,1H3,(H2,59,69)(H,60,72)(H,62,74)(H,63,73)(H,64,70,75)(H2,79,80,81)/t32-,33+,39-,42+,44+,46+,47?/m1/s1. The van der Waals surface area contributed by atoms with Gasteiger partial charge in [-0.2, -0.15) is 0 Å². The van der Waals surface area contributed by atoms with Gasteiger partial charge < -0.3 is 46.3 Å². The molecular formula is C58H65N10O13P. The third-order valence-corrected chi connectivity index (χ3v) is 17.6. The Balaban J connectivity index is 0.831. The summed E-state index contributed by atoms with van der Waals surface area (Å²) in [6, 6.07) is 19.3. The number of hydrogen-bond acceptors (Lipinski definition) is 11. The summed E-state index contributed by atoms with van der Waals surface area (Å²) >= 11 is 0.